The number of tetrazole rings is 1. The minimum Gasteiger partial charge on any atom is -0.350 e. The lowest BCUT2D eigenvalue weighted by atomic mass is 10.1. The summed E-state index contributed by atoms with van der Waals surface area (Å²) in [6.45, 7) is 8.89. The van der Waals surface area contributed by atoms with Gasteiger partial charge in [0.2, 0.25) is 5.91 Å². The van der Waals surface area contributed by atoms with Crippen LogP contribution in [0.25, 0.3) is 5.69 Å². The van der Waals surface area contributed by atoms with Crippen molar-refractivity contribution in [3.05, 3.63) is 53.6 Å². The molecule has 1 amide bonds. The smallest absolute Gasteiger partial charge is 0.224 e. The molecule has 1 aliphatic rings. The molecule has 4 rings (SSSR count). The highest BCUT2D eigenvalue weighted by molar-refractivity contribution is 5.78. The fourth-order valence-electron chi connectivity index (χ4n) is 3.62. The lowest BCUT2D eigenvalue weighted by Crippen LogP contribution is -2.36. The Morgan fingerprint density at radius 1 is 1.21 bits per heavy atom. The van der Waals surface area contributed by atoms with Crippen molar-refractivity contribution in [2.24, 2.45) is 5.92 Å². The van der Waals surface area contributed by atoms with Crippen LogP contribution in [0.4, 0.5) is 0 Å². The average Bonchev–Trinajstić information content (AvgIpc) is 3.36. The van der Waals surface area contributed by atoms with Gasteiger partial charge >= 0.3 is 0 Å². The van der Waals surface area contributed by atoms with Crippen LogP contribution in [-0.4, -0.2) is 53.9 Å². The molecule has 1 N–H and O–H groups in total. The van der Waals surface area contributed by atoms with E-state index in [4.69, 9.17) is 0 Å². The Kier molecular flexibility index (Phi) is 5.66. The first-order valence-electron chi connectivity index (χ1n) is 9.94. The molecule has 9 heteroatoms. The van der Waals surface area contributed by atoms with Crippen LogP contribution in [-0.2, 0) is 30.8 Å². The minimum atomic E-state index is -0.0208. The first-order chi connectivity index (χ1) is 14.1. The maximum Gasteiger partial charge on any atom is 0.224 e. The largest absolute Gasteiger partial charge is 0.350 e. The maximum atomic E-state index is 12.3. The number of hydrogen-bond donors (Lipinski definition) is 1. The monoisotopic (exact) mass is 394 g/mol. The lowest BCUT2D eigenvalue weighted by Gasteiger charge is -2.28. The number of carbonyl (C=O) groups excluding carboxylic acids is 1. The van der Waals surface area contributed by atoms with E-state index in [1.54, 1.807) is 4.68 Å². The number of aromatic nitrogens is 6. The molecule has 29 heavy (non-hydrogen) atoms. The molecule has 2 aromatic heterocycles. The number of fused-ring (bicyclic) bond motifs is 1. The van der Waals surface area contributed by atoms with Gasteiger partial charge in [-0.25, -0.2) is 4.68 Å². The van der Waals surface area contributed by atoms with Gasteiger partial charge in [0.1, 0.15) is 6.33 Å². The SMILES string of the molecule is CC(C)CN1CCn2nc(CNC(=O)Cc3ccc(-n4cnnn4)cc3)cc2C1. The summed E-state index contributed by atoms with van der Waals surface area (Å²) in [4.78, 5) is 14.8. The molecule has 0 fully saturated rings. The quantitative estimate of drug-likeness (QED) is 0.647. The van der Waals surface area contributed by atoms with Crippen LogP contribution >= 0.6 is 0 Å². The van der Waals surface area contributed by atoms with Gasteiger partial charge in [-0.2, -0.15) is 5.10 Å². The van der Waals surface area contributed by atoms with E-state index in [1.807, 2.05) is 24.3 Å². The molecule has 0 spiro atoms. The van der Waals surface area contributed by atoms with Gasteiger partial charge in [-0.1, -0.05) is 26.0 Å². The summed E-state index contributed by atoms with van der Waals surface area (Å²) in [5, 5.41) is 18.7. The second-order valence-electron chi connectivity index (χ2n) is 7.85. The van der Waals surface area contributed by atoms with Crippen LogP contribution in [0.1, 0.15) is 30.8 Å². The molecule has 0 bridgehead atoms. The Bertz CT molecular complexity index is 946. The zero-order chi connectivity index (χ0) is 20.2. The van der Waals surface area contributed by atoms with Crippen LogP contribution in [0.2, 0.25) is 0 Å². The number of carbonyl (C=O) groups is 1. The summed E-state index contributed by atoms with van der Waals surface area (Å²) in [6, 6.07) is 9.72. The molecule has 1 aromatic carbocycles. The highest BCUT2D eigenvalue weighted by Gasteiger charge is 2.19. The van der Waals surface area contributed by atoms with Gasteiger partial charge in [0.15, 0.2) is 0 Å². The van der Waals surface area contributed by atoms with Crippen molar-refractivity contribution in [2.45, 2.75) is 39.9 Å². The van der Waals surface area contributed by atoms with Gasteiger partial charge in [0, 0.05) is 19.6 Å². The summed E-state index contributed by atoms with van der Waals surface area (Å²) in [6.07, 6.45) is 1.86. The highest BCUT2D eigenvalue weighted by Crippen LogP contribution is 2.15. The van der Waals surface area contributed by atoms with Crippen molar-refractivity contribution in [1.82, 2.24) is 40.2 Å². The molecule has 0 unspecified atom stereocenters. The van der Waals surface area contributed by atoms with Crippen LogP contribution in [0, 0.1) is 5.92 Å². The second-order valence-corrected chi connectivity index (χ2v) is 7.85. The third-order valence-corrected chi connectivity index (χ3v) is 4.93. The molecule has 0 atom stereocenters. The van der Waals surface area contributed by atoms with E-state index >= 15 is 0 Å². The van der Waals surface area contributed by atoms with Gasteiger partial charge in [-0.05, 0) is 40.1 Å². The van der Waals surface area contributed by atoms with E-state index in [-0.39, 0.29) is 5.91 Å². The summed E-state index contributed by atoms with van der Waals surface area (Å²) >= 11 is 0. The Morgan fingerprint density at radius 2 is 2.03 bits per heavy atom. The molecule has 0 saturated heterocycles. The van der Waals surface area contributed by atoms with E-state index in [2.05, 4.69) is 55.4 Å². The molecule has 9 nitrogen and oxygen atoms in total. The van der Waals surface area contributed by atoms with Crippen LogP contribution in [0.15, 0.2) is 36.7 Å². The van der Waals surface area contributed by atoms with Gasteiger partial charge in [0.25, 0.3) is 0 Å². The zero-order valence-corrected chi connectivity index (χ0v) is 16.8. The number of rotatable bonds is 7. The van der Waals surface area contributed by atoms with Gasteiger partial charge in [-0.3, -0.25) is 14.4 Å². The lowest BCUT2D eigenvalue weighted by molar-refractivity contribution is -0.120. The van der Waals surface area contributed by atoms with Crippen molar-refractivity contribution in [3.63, 3.8) is 0 Å². The van der Waals surface area contributed by atoms with Gasteiger partial charge < -0.3 is 5.32 Å². The third kappa shape index (κ3) is 4.86. The van der Waals surface area contributed by atoms with Crippen molar-refractivity contribution in [2.75, 3.05) is 13.1 Å². The maximum absolute atomic E-state index is 12.3. The standard InChI is InChI=1S/C20H26N8O/c1-15(2)12-26-7-8-27-19(13-26)10-17(23-27)11-21-20(29)9-16-3-5-18(6-4-16)28-14-22-24-25-28/h3-6,10,14-15H,7-9,11-13H2,1-2H3,(H,21,29). The molecule has 0 saturated carbocycles. The molecule has 0 aliphatic carbocycles. The van der Waals surface area contributed by atoms with Crippen LogP contribution in [0.3, 0.4) is 0 Å². The van der Waals surface area contributed by atoms with Crippen molar-refractivity contribution < 1.29 is 4.79 Å². The predicted molar refractivity (Wildman–Crippen MR) is 107 cm³/mol. The third-order valence-electron chi connectivity index (χ3n) is 4.93. The number of hydrogen-bond acceptors (Lipinski definition) is 6. The Hall–Kier alpha value is -3.07. The first-order valence-corrected chi connectivity index (χ1v) is 9.94. The van der Waals surface area contributed by atoms with E-state index in [0.29, 0.717) is 18.9 Å². The fourth-order valence-corrected chi connectivity index (χ4v) is 3.62. The molecule has 3 aromatic rings. The van der Waals surface area contributed by atoms with Crippen LogP contribution < -0.4 is 5.32 Å². The normalized spacial score (nSPS) is 14.2. The predicted octanol–water partition coefficient (Wildman–Crippen LogP) is 1.19. The van der Waals surface area contributed by atoms with Gasteiger partial charge in [-0.15, -0.1) is 5.10 Å². The van der Waals surface area contributed by atoms with E-state index in [9.17, 15) is 4.79 Å². The average molecular weight is 394 g/mol. The molecular weight excluding hydrogens is 368 g/mol. The second kappa shape index (κ2) is 8.52. The van der Waals surface area contributed by atoms with E-state index < -0.39 is 0 Å². The fraction of sp³-hybridized carbons (Fsp3) is 0.450. The minimum absolute atomic E-state index is 0.0208. The molecule has 1 aliphatic heterocycles. The van der Waals surface area contributed by atoms with Crippen LogP contribution in [0.5, 0.6) is 0 Å². The number of benzene rings is 1. The van der Waals surface area contributed by atoms with Gasteiger partial charge in [0.05, 0.1) is 36.6 Å². The zero-order valence-electron chi connectivity index (χ0n) is 16.8. The Morgan fingerprint density at radius 3 is 2.76 bits per heavy atom. The summed E-state index contributed by atoms with van der Waals surface area (Å²) < 4.78 is 3.64. The number of amides is 1. The van der Waals surface area contributed by atoms with E-state index in [0.717, 1.165) is 43.1 Å². The van der Waals surface area contributed by atoms with Crippen molar-refractivity contribution >= 4 is 5.91 Å². The van der Waals surface area contributed by atoms with Crippen molar-refractivity contribution in [3.8, 4) is 5.69 Å². The molecule has 0 radical (unpaired) electrons. The topological polar surface area (TPSA) is 93.8 Å². The van der Waals surface area contributed by atoms with E-state index in [1.165, 1.54) is 12.0 Å². The van der Waals surface area contributed by atoms with Crippen molar-refractivity contribution in [1.29, 1.82) is 0 Å². The summed E-state index contributed by atoms with van der Waals surface area (Å²) in [5.74, 6) is 0.637. The Balaban J connectivity index is 1.29. The molecule has 152 valence electrons. The first kappa shape index (κ1) is 19.3. The number of nitrogens with zero attached hydrogens (tertiary/aromatic N) is 7. The number of nitrogens with one attached hydrogen (secondary N) is 1. The Labute approximate surface area is 169 Å². The molecule has 3 heterocycles. The molecular formula is C20H26N8O. The highest BCUT2D eigenvalue weighted by atomic mass is 16.1. The summed E-state index contributed by atoms with van der Waals surface area (Å²) in [7, 11) is 0. The summed E-state index contributed by atoms with van der Waals surface area (Å²) in [5.41, 5.74) is 3.93.